The molecule has 0 spiro atoms. The molecular formula is C33H43N3O5S. The van der Waals surface area contributed by atoms with Gasteiger partial charge in [-0.05, 0) is 62.1 Å². The highest BCUT2D eigenvalue weighted by atomic mass is 32.2. The van der Waals surface area contributed by atoms with Gasteiger partial charge in [-0.1, -0.05) is 67.1 Å². The van der Waals surface area contributed by atoms with Crippen molar-refractivity contribution in [2.45, 2.75) is 59.0 Å². The molecule has 0 aliphatic carbocycles. The van der Waals surface area contributed by atoms with Crippen molar-refractivity contribution in [1.29, 1.82) is 0 Å². The van der Waals surface area contributed by atoms with E-state index in [1.807, 2.05) is 75.4 Å². The highest BCUT2D eigenvalue weighted by Gasteiger charge is 2.30. The normalized spacial score (nSPS) is 11.9. The minimum Gasteiger partial charge on any atom is -0.494 e. The van der Waals surface area contributed by atoms with E-state index in [1.165, 1.54) is 4.31 Å². The summed E-state index contributed by atoms with van der Waals surface area (Å²) in [6.07, 6.45) is 2.68. The lowest BCUT2D eigenvalue weighted by Gasteiger charge is -2.32. The number of rotatable bonds is 16. The maximum absolute atomic E-state index is 13.9. The van der Waals surface area contributed by atoms with E-state index < -0.39 is 16.1 Å². The Hall–Kier alpha value is -3.85. The van der Waals surface area contributed by atoms with Crippen molar-refractivity contribution >= 4 is 27.5 Å². The van der Waals surface area contributed by atoms with Crippen molar-refractivity contribution in [3.05, 3.63) is 95.6 Å². The Morgan fingerprint density at radius 3 is 2.17 bits per heavy atom. The van der Waals surface area contributed by atoms with Crippen LogP contribution in [0.4, 0.5) is 5.69 Å². The molecule has 9 heteroatoms. The lowest BCUT2D eigenvalue weighted by Crippen LogP contribution is -2.50. The lowest BCUT2D eigenvalue weighted by molar-refractivity contribution is -0.141. The van der Waals surface area contributed by atoms with Crippen molar-refractivity contribution in [1.82, 2.24) is 10.2 Å². The van der Waals surface area contributed by atoms with Crippen molar-refractivity contribution in [2.75, 3.05) is 30.3 Å². The van der Waals surface area contributed by atoms with E-state index >= 15 is 0 Å². The molecule has 3 rings (SSSR count). The molecule has 0 saturated carbocycles. The van der Waals surface area contributed by atoms with Gasteiger partial charge < -0.3 is 15.0 Å². The van der Waals surface area contributed by atoms with Gasteiger partial charge in [0.2, 0.25) is 21.8 Å². The van der Waals surface area contributed by atoms with Gasteiger partial charge in [0.15, 0.2) is 0 Å². The summed E-state index contributed by atoms with van der Waals surface area (Å²) < 4.78 is 32.1. The molecule has 42 heavy (non-hydrogen) atoms. The topological polar surface area (TPSA) is 96.0 Å². The van der Waals surface area contributed by atoms with Gasteiger partial charge in [0.1, 0.15) is 11.8 Å². The zero-order valence-electron chi connectivity index (χ0n) is 25.1. The summed E-state index contributed by atoms with van der Waals surface area (Å²) in [4.78, 5) is 29.0. The third-order valence-electron chi connectivity index (χ3n) is 6.88. The molecule has 0 heterocycles. The molecule has 3 aromatic rings. The second-order valence-corrected chi connectivity index (χ2v) is 12.3. The van der Waals surface area contributed by atoms with Crippen LogP contribution in [0.1, 0.15) is 49.8 Å². The first-order valence-corrected chi connectivity index (χ1v) is 16.3. The van der Waals surface area contributed by atoms with Crippen LogP contribution >= 0.6 is 0 Å². The van der Waals surface area contributed by atoms with Crippen LogP contribution in [0.3, 0.4) is 0 Å². The Morgan fingerprint density at radius 1 is 0.905 bits per heavy atom. The SMILES string of the molecule is CCCNC(=O)[C@@H](Cc1ccccc1)N(Cc1ccc(C)cc1)C(=O)CCCN(c1ccc(OCC)cc1)S(C)(=O)=O. The molecule has 1 atom stereocenters. The van der Waals surface area contributed by atoms with E-state index in [-0.39, 0.29) is 37.7 Å². The molecule has 0 bridgehead atoms. The van der Waals surface area contributed by atoms with Gasteiger partial charge in [-0.15, -0.1) is 0 Å². The number of sulfonamides is 1. The second kappa shape index (κ2) is 16.0. The van der Waals surface area contributed by atoms with Crippen molar-refractivity contribution in [2.24, 2.45) is 0 Å². The number of ether oxygens (including phenoxy) is 1. The van der Waals surface area contributed by atoms with Crippen LogP contribution in [0.5, 0.6) is 5.75 Å². The van der Waals surface area contributed by atoms with Gasteiger partial charge in [-0.25, -0.2) is 8.42 Å². The monoisotopic (exact) mass is 593 g/mol. The number of carbonyl (C=O) groups is 2. The molecule has 8 nitrogen and oxygen atoms in total. The van der Waals surface area contributed by atoms with Gasteiger partial charge in [0, 0.05) is 32.5 Å². The molecule has 0 aromatic heterocycles. The predicted molar refractivity (Wildman–Crippen MR) is 168 cm³/mol. The summed E-state index contributed by atoms with van der Waals surface area (Å²) in [5.74, 6) is 0.249. The number of anilines is 1. The van der Waals surface area contributed by atoms with Crippen LogP contribution in [-0.4, -0.2) is 57.1 Å². The molecule has 2 amide bonds. The summed E-state index contributed by atoms with van der Waals surface area (Å²) in [5, 5.41) is 2.98. The van der Waals surface area contributed by atoms with Crippen molar-refractivity contribution < 1.29 is 22.7 Å². The second-order valence-electron chi connectivity index (χ2n) is 10.4. The smallest absolute Gasteiger partial charge is 0.243 e. The van der Waals surface area contributed by atoms with Gasteiger partial charge in [0.25, 0.3) is 0 Å². The van der Waals surface area contributed by atoms with Crippen LogP contribution in [0.2, 0.25) is 0 Å². The Labute approximate surface area is 250 Å². The van der Waals surface area contributed by atoms with E-state index in [4.69, 9.17) is 4.74 Å². The molecule has 0 radical (unpaired) electrons. The Morgan fingerprint density at radius 2 is 1.57 bits per heavy atom. The van der Waals surface area contributed by atoms with Crippen LogP contribution in [0, 0.1) is 6.92 Å². The summed E-state index contributed by atoms with van der Waals surface area (Å²) in [6, 6.07) is 23.7. The van der Waals surface area contributed by atoms with E-state index in [9.17, 15) is 18.0 Å². The number of carbonyl (C=O) groups excluding carboxylic acids is 2. The van der Waals surface area contributed by atoms with E-state index in [1.54, 1.807) is 29.2 Å². The molecule has 0 fully saturated rings. The van der Waals surface area contributed by atoms with E-state index in [0.717, 1.165) is 29.4 Å². The molecule has 0 aliphatic rings. The average molecular weight is 594 g/mol. The van der Waals surface area contributed by atoms with Crippen molar-refractivity contribution in [3.63, 3.8) is 0 Å². The standard InChI is InChI=1S/C33H43N3O5S/c1-5-22-34-33(38)31(24-27-11-8-7-9-12-27)35(25-28-16-14-26(3)15-17-28)32(37)13-10-23-36(42(4,39)40)29-18-20-30(21-19-29)41-6-2/h7-9,11-12,14-21,31H,5-6,10,13,22-25H2,1-4H3,(H,34,38)/t31-/m1/s1. The third kappa shape index (κ3) is 9.91. The van der Waals surface area contributed by atoms with Crippen LogP contribution in [0.25, 0.3) is 0 Å². The summed E-state index contributed by atoms with van der Waals surface area (Å²) >= 11 is 0. The number of nitrogens with one attached hydrogen (secondary N) is 1. The highest BCUT2D eigenvalue weighted by Crippen LogP contribution is 2.23. The molecule has 0 unspecified atom stereocenters. The summed E-state index contributed by atoms with van der Waals surface area (Å²) in [5.41, 5.74) is 3.48. The maximum atomic E-state index is 13.9. The molecule has 3 aromatic carbocycles. The zero-order valence-corrected chi connectivity index (χ0v) is 25.9. The predicted octanol–water partition coefficient (Wildman–Crippen LogP) is 5.11. The molecule has 226 valence electrons. The molecular weight excluding hydrogens is 550 g/mol. The minimum atomic E-state index is -3.59. The van der Waals surface area contributed by atoms with Crippen LogP contribution in [-0.2, 0) is 32.6 Å². The summed E-state index contributed by atoms with van der Waals surface area (Å²) in [7, 11) is -3.59. The molecule has 0 aliphatic heterocycles. The number of nitrogens with zero attached hydrogens (tertiary/aromatic N) is 2. The quantitative estimate of drug-likeness (QED) is 0.249. The third-order valence-corrected chi connectivity index (χ3v) is 8.08. The fraction of sp³-hybridized carbons (Fsp3) is 0.394. The fourth-order valence-electron chi connectivity index (χ4n) is 4.69. The van der Waals surface area contributed by atoms with Gasteiger partial charge in [-0.3, -0.25) is 13.9 Å². The fourth-order valence-corrected chi connectivity index (χ4v) is 5.65. The largest absolute Gasteiger partial charge is 0.494 e. The van der Waals surface area contributed by atoms with Gasteiger partial charge in [-0.2, -0.15) is 0 Å². The summed E-state index contributed by atoms with van der Waals surface area (Å²) in [6.45, 7) is 7.29. The first-order chi connectivity index (χ1) is 20.1. The number of hydrogen-bond acceptors (Lipinski definition) is 5. The molecule has 1 N–H and O–H groups in total. The number of amides is 2. The number of aryl methyl sites for hydroxylation is 1. The highest BCUT2D eigenvalue weighted by molar-refractivity contribution is 7.92. The number of hydrogen-bond donors (Lipinski definition) is 1. The maximum Gasteiger partial charge on any atom is 0.243 e. The molecule has 0 saturated heterocycles. The lowest BCUT2D eigenvalue weighted by atomic mass is 10.0. The minimum absolute atomic E-state index is 0.0846. The average Bonchev–Trinajstić information content (AvgIpc) is 2.97. The Kier molecular flexibility index (Phi) is 12.4. The van der Waals surface area contributed by atoms with E-state index in [2.05, 4.69) is 5.32 Å². The zero-order chi connectivity index (χ0) is 30.5. The van der Waals surface area contributed by atoms with Crippen molar-refractivity contribution in [3.8, 4) is 5.75 Å². The van der Waals surface area contributed by atoms with Crippen LogP contribution < -0.4 is 14.4 Å². The first-order valence-electron chi connectivity index (χ1n) is 14.5. The number of benzene rings is 3. The Bertz CT molecular complexity index is 1380. The first kappa shape index (κ1) is 32.7. The van der Waals surface area contributed by atoms with E-state index in [0.29, 0.717) is 31.0 Å². The van der Waals surface area contributed by atoms with Gasteiger partial charge in [0.05, 0.1) is 18.6 Å². The Balaban J connectivity index is 1.84. The van der Waals surface area contributed by atoms with Gasteiger partial charge >= 0.3 is 0 Å². The van der Waals surface area contributed by atoms with Crippen LogP contribution in [0.15, 0.2) is 78.9 Å².